The molecule has 1 aromatic carbocycles. The lowest BCUT2D eigenvalue weighted by molar-refractivity contribution is -0.117. The van der Waals surface area contributed by atoms with E-state index in [0.29, 0.717) is 6.54 Å². The molecule has 15 heavy (non-hydrogen) atoms. The highest BCUT2D eigenvalue weighted by atomic mass is 16.3. The third-order valence-electron chi connectivity index (χ3n) is 2.43. The van der Waals surface area contributed by atoms with E-state index in [4.69, 9.17) is 6.42 Å². The molecule has 1 N–H and O–H groups in total. The van der Waals surface area contributed by atoms with Crippen LogP contribution in [-0.4, -0.2) is 23.7 Å². The third-order valence-corrected chi connectivity index (χ3v) is 2.43. The number of benzene rings is 1. The number of aliphatic hydroxyl groups is 1. The number of anilines is 1. The number of carbonyl (C=O) groups excluding carboxylic acids is 1. The van der Waals surface area contributed by atoms with Crippen LogP contribution in [0, 0.1) is 12.3 Å². The van der Waals surface area contributed by atoms with Crippen LogP contribution >= 0.6 is 0 Å². The molecule has 1 saturated heterocycles. The molecule has 1 amide bonds. The molecule has 1 aliphatic rings. The maximum atomic E-state index is 11.5. The molecule has 1 aliphatic heterocycles. The predicted octanol–water partition coefficient (Wildman–Crippen LogP) is 0.766. The summed E-state index contributed by atoms with van der Waals surface area (Å²) in [6, 6.07) is 7.20. The van der Waals surface area contributed by atoms with Gasteiger partial charge in [-0.2, -0.15) is 0 Å². The minimum Gasteiger partial charge on any atom is -0.391 e. The van der Waals surface area contributed by atoms with E-state index >= 15 is 0 Å². The van der Waals surface area contributed by atoms with Crippen LogP contribution in [0.4, 0.5) is 5.69 Å². The molecule has 1 aromatic rings. The first-order valence-electron chi connectivity index (χ1n) is 4.76. The van der Waals surface area contributed by atoms with Crippen LogP contribution in [-0.2, 0) is 4.79 Å². The first-order chi connectivity index (χ1) is 7.20. The summed E-state index contributed by atoms with van der Waals surface area (Å²) < 4.78 is 0. The number of aliphatic hydroxyl groups excluding tert-OH is 1. The molecule has 0 saturated carbocycles. The molecule has 2 rings (SSSR count). The largest absolute Gasteiger partial charge is 0.391 e. The average Bonchev–Trinajstić information content (AvgIpc) is 2.58. The van der Waals surface area contributed by atoms with Gasteiger partial charge in [0.05, 0.1) is 19.1 Å². The monoisotopic (exact) mass is 201 g/mol. The molecule has 1 unspecified atom stereocenters. The molecular formula is C12H11NO2. The van der Waals surface area contributed by atoms with E-state index in [-0.39, 0.29) is 12.3 Å². The maximum Gasteiger partial charge on any atom is 0.229 e. The molecule has 1 heterocycles. The number of hydrogen-bond acceptors (Lipinski definition) is 2. The predicted molar refractivity (Wildman–Crippen MR) is 57.4 cm³/mol. The smallest absolute Gasteiger partial charge is 0.229 e. The van der Waals surface area contributed by atoms with Crippen LogP contribution in [0.2, 0.25) is 0 Å². The lowest BCUT2D eigenvalue weighted by Gasteiger charge is -2.15. The Hall–Kier alpha value is -1.79. The standard InChI is InChI=1S/C12H11NO2/c1-2-9-4-3-5-10(6-9)13-8-11(14)7-12(13)15/h1,3-6,11,14H,7-8H2. The first-order valence-corrected chi connectivity index (χ1v) is 4.76. The minimum absolute atomic E-state index is 0.0586. The summed E-state index contributed by atoms with van der Waals surface area (Å²) >= 11 is 0. The van der Waals surface area contributed by atoms with Crippen molar-refractivity contribution in [2.24, 2.45) is 0 Å². The first kappa shape index (κ1) is 9.75. The molecular weight excluding hydrogens is 190 g/mol. The van der Waals surface area contributed by atoms with Crippen LogP contribution in [0.1, 0.15) is 12.0 Å². The number of amides is 1. The van der Waals surface area contributed by atoms with E-state index in [9.17, 15) is 9.90 Å². The highest BCUT2D eigenvalue weighted by Crippen LogP contribution is 2.22. The number of carbonyl (C=O) groups is 1. The number of hydrogen-bond donors (Lipinski definition) is 1. The Kier molecular flexibility index (Phi) is 2.44. The van der Waals surface area contributed by atoms with Gasteiger partial charge in [0, 0.05) is 11.3 Å². The van der Waals surface area contributed by atoms with Gasteiger partial charge < -0.3 is 10.0 Å². The number of nitrogens with zero attached hydrogens (tertiary/aromatic N) is 1. The Morgan fingerprint density at radius 1 is 1.53 bits per heavy atom. The van der Waals surface area contributed by atoms with Gasteiger partial charge in [0.25, 0.3) is 0 Å². The van der Waals surface area contributed by atoms with Crippen LogP contribution in [0.25, 0.3) is 0 Å². The van der Waals surface area contributed by atoms with Gasteiger partial charge in [0.2, 0.25) is 5.91 Å². The number of rotatable bonds is 1. The molecule has 76 valence electrons. The van der Waals surface area contributed by atoms with Crippen molar-refractivity contribution in [3.05, 3.63) is 29.8 Å². The molecule has 0 aromatic heterocycles. The van der Waals surface area contributed by atoms with Gasteiger partial charge in [-0.15, -0.1) is 6.42 Å². The fraction of sp³-hybridized carbons (Fsp3) is 0.250. The zero-order chi connectivity index (χ0) is 10.8. The second kappa shape index (κ2) is 3.76. The van der Waals surface area contributed by atoms with Crippen molar-refractivity contribution >= 4 is 11.6 Å². The van der Waals surface area contributed by atoms with Crippen molar-refractivity contribution in [2.45, 2.75) is 12.5 Å². The van der Waals surface area contributed by atoms with E-state index in [1.165, 1.54) is 0 Å². The molecule has 3 heteroatoms. The van der Waals surface area contributed by atoms with E-state index in [1.54, 1.807) is 17.0 Å². The maximum absolute atomic E-state index is 11.5. The fourth-order valence-electron chi connectivity index (χ4n) is 1.70. The summed E-state index contributed by atoms with van der Waals surface area (Å²) in [6.07, 6.45) is 4.91. The van der Waals surface area contributed by atoms with Gasteiger partial charge >= 0.3 is 0 Å². The van der Waals surface area contributed by atoms with E-state index in [0.717, 1.165) is 11.3 Å². The molecule has 1 atom stereocenters. The summed E-state index contributed by atoms with van der Waals surface area (Å²) in [4.78, 5) is 13.1. The van der Waals surface area contributed by atoms with Gasteiger partial charge in [-0.1, -0.05) is 12.0 Å². The van der Waals surface area contributed by atoms with Crippen LogP contribution in [0.5, 0.6) is 0 Å². The average molecular weight is 201 g/mol. The second-order valence-corrected chi connectivity index (χ2v) is 3.56. The Labute approximate surface area is 88.3 Å². The van der Waals surface area contributed by atoms with Crippen LogP contribution < -0.4 is 4.90 Å². The Morgan fingerprint density at radius 3 is 2.93 bits per heavy atom. The molecule has 0 spiro atoms. The lowest BCUT2D eigenvalue weighted by Crippen LogP contribution is -2.25. The molecule has 0 bridgehead atoms. The zero-order valence-corrected chi connectivity index (χ0v) is 8.18. The van der Waals surface area contributed by atoms with Gasteiger partial charge in [-0.05, 0) is 18.2 Å². The summed E-state index contributed by atoms with van der Waals surface area (Å²) in [5.74, 6) is 2.46. The van der Waals surface area contributed by atoms with Crippen molar-refractivity contribution in [3.8, 4) is 12.3 Å². The molecule has 0 radical (unpaired) electrons. The van der Waals surface area contributed by atoms with E-state index in [1.807, 2.05) is 12.1 Å². The topological polar surface area (TPSA) is 40.5 Å². The Morgan fingerprint density at radius 2 is 2.33 bits per heavy atom. The SMILES string of the molecule is C#Cc1cccc(N2CC(O)CC2=O)c1. The van der Waals surface area contributed by atoms with Gasteiger partial charge in [0.15, 0.2) is 0 Å². The molecule has 3 nitrogen and oxygen atoms in total. The molecule has 1 fully saturated rings. The van der Waals surface area contributed by atoms with Crippen molar-refractivity contribution in [2.75, 3.05) is 11.4 Å². The second-order valence-electron chi connectivity index (χ2n) is 3.56. The summed E-state index contributed by atoms with van der Waals surface area (Å²) in [5, 5.41) is 9.36. The Balaban J connectivity index is 2.30. The van der Waals surface area contributed by atoms with Crippen molar-refractivity contribution in [1.29, 1.82) is 0 Å². The third kappa shape index (κ3) is 1.85. The lowest BCUT2D eigenvalue weighted by atomic mass is 10.2. The number of β-amino-alcohol motifs (C(OH)–C–C–N with tert-alkyl or cyclic N) is 1. The van der Waals surface area contributed by atoms with Gasteiger partial charge in [-0.25, -0.2) is 0 Å². The normalized spacial score (nSPS) is 20.4. The van der Waals surface area contributed by atoms with Gasteiger partial charge in [0.1, 0.15) is 0 Å². The van der Waals surface area contributed by atoms with Crippen molar-refractivity contribution < 1.29 is 9.90 Å². The zero-order valence-electron chi connectivity index (χ0n) is 8.18. The summed E-state index contributed by atoms with van der Waals surface area (Å²) in [5.41, 5.74) is 1.49. The highest BCUT2D eigenvalue weighted by Gasteiger charge is 2.28. The highest BCUT2D eigenvalue weighted by molar-refractivity contribution is 5.96. The van der Waals surface area contributed by atoms with Crippen molar-refractivity contribution in [3.63, 3.8) is 0 Å². The molecule has 0 aliphatic carbocycles. The fourth-order valence-corrected chi connectivity index (χ4v) is 1.70. The number of terminal acetylenes is 1. The van der Waals surface area contributed by atoms with Crippen LogP contribution in [0.15, 0.2) is 24.3 Å². The van der Waals surface area contributed by atoms with E-state index < -0.39 is 6.10 Å². The van der Waals surface area contributed by atoms with Crippen LogP contribution in [0.3, 0.4) is 0 Å². The summed E-state index contributed by atoms with van der Waals surface area (Å²) in [6.45, 7) is 0.354. The minimum atomic E-state index is -0.563. The van der Waals surface area contributed by atoms with E-state index in [2.05, 4.69) is 5.92 Å². The quantitative estimate of drug-likeness (QED) is 0.682. The van der Waals surface area contributed by atoms with Gasteiger partial charge in [-0.3, -0.25) is 4.79 Å². The summed E-state index contributed by atoms with van der Waals surface area (Å²) in [7, 11) is 0. The van der Waals surface area contributed by atoms with Crippen molar-refractivity contribution in [1.82, 2.24) is 0 Å². The Bertz CT molecular complexity index is 433.